The Bertz CT molecular complexity index is 231. The summed E-state index contributed by atoms with van der Waals surface area (Å²) in [7, 11) is -1.07. The Labute approximate surface area is 117 Å². The second-order valence-corrected chi connectivity index (χ2v) is 7.00. The standard InChI is InChI=1S/C4Cl6O4Si/c5-3(6,7)1(11)13-15-14-2(12)4(8,9)10. The van der Waals surface area contributed by atoms with E-state index in [-0.39, 0.29) is 0 Å². The molecule has 0 unspecified atom stereocenters. The molecule has 0 saturated carbocycles. The molecule has 0 saturated heterocycles. The summed E-state index contributed by atoms with van der Waals surface area (Å²) < 4.78 is 3.99. The second-order valence-electron chi connectivity index (χ2n) is 1.86. The lowest BCUT2D eigenvalue weighted by atomic mass is 10.8. The van der Waals surface area contributed by atoms with Crippen LogP contribution in [0, 0.1) is 0 Å². The van der Waals surface area contributed by atoms with Crippen molar-refractivity contribution in [3.63, 3.8) is 0 Å². The summed E-state index contributed by atoms with van der Waals surface area (Å²) in [5.41, 5.74) is 0. The van der Waals surface area contributed by atoms with E-state index < -0.39 is 29.5 Å². The van der Waals surface area contributed by atoms with Crippen molar-refractivity contribution in [2.75, 3.05) is 0 Å². The molecule has 0 aliphatic heterocycles. The van der Waals surface area contributed by atoms with E-state index in [1.54, 1.807) is 0 Å². The average Bonchev–Trinajstić information content (AvgIpc) is 2.00. The number of carbonyl (C=O) groups is 2. The number of hydrogen-bond acceptors (Lipinski definition) is 4. The van der Waals surface area contributed by atoms with Crippen LogP contribution in [0.2, 0.25) is 0 Å². The molecule has 11 heteroatoms. The van der Waals surface area contributed by atoms with Gasteiger partial charge in [0.25, 0.3) is 7.59 Å². The number of alkyl halides is 6. The zero-order chi connectivity index (χ0) is 12.3. The van der Waals surface area contributed by atoms with Gasteiger partial charge in [-0.3, -0.25) is 0 Å². The van der Waals surface area contributed by atoms with E-state index in [2.05, 4.69) is 8.85 Å². The lowest BCUT2D eigenvalue weighted by Crippen LogP contribution is -2.29. The summed E-state index contributed by atoms with van der Waals surface area (Å²) in [6, 6.07) is 0. The van der Waals surface area contributed by atoms with Gasteiger partial charge >= 0.3 is 21.9 Å². The van der Waals surface area contributed by atoms with Gasteiger partial charge in [-0.1, -0.05) is 69.6 Å². The van der Waals surface area contributed by atoms with E-state index in [0.717, 1.165) is 0 Å². The summed E-state index contributed by atoms with van der Waals surface area (Å²) in [6.45, 7) is 0. The van der Waals surface area contributed by atoms with E-state index in [0.29, 0.717) is 0 Å². The van der Waals surface area contributed by atoms with E-state index in [1.165, 1.54) is 0 Å². The predicted molar refractivity (Wildman–Crippen MR) is 58.5 cm³/mol. The molecule has 0 spiro atoms. The molecule has 0 heterocycles. The fourth-order valence-electron chi connectivity index (χ4n) is 0.212. The number of carbonyl (C=O) groups excluding carboxylic acids is 2. The molecule has 86 valence electrons. The Morgan fingerprint density at radius 3 is 1.27 bits per heavy atom. The molecule has 0 atom stereocenters. The largest absolute Gasteiger partial charge is 0.614 e. The maximum atomic E-state index is 10.8. The van der Waals surface area contributed by atoms with Gasteiger partial charge in [0.05, 0.1) is 0 Å². The molecule has 2 radical (unpaired) electrons. The molecule has 0 aliphatic carbocycles. The molecule has 0 aromatic heterocycles. The lowest BCUT2D eigenvalue weighted by Gasteiger charge is -2.11. The first-order chi connectivity index (χ1) is 6.55. The average molecular weight is 353 g/mol. The molecule has 0 amide bonds. The van der Waals surface area contributed by atoms with Crippen molar-refractivity contribution in [1.29, 1.82) is 0 Å². The molecular weight excluding hydrogens is 353 g/mol. The van der Waals surface area contributed by atoms with Crippen LogP contribution < -0.4 is 0 Å². The van der Waals surface area contributed by atoms with E-state index in [4.69, 9.17) is 69.6 Å². The van der Waals surface area contributed by atoms with Crippen LogP contribution in [-0.2, 0) is 18.4 Å². The van der Waals surface area contributed by atoms with Gasteiger partial charge in [0.15, 0.2) is 0 Å². The molecule has 0 aromatic carbocycles. The summed E-state index contributed by atoms with van der Waals surface area (Å²) in [6.07, 6.45) is 0. The normalized spacial score (nSPS) is 12.1. The number of hydrogen-bond donors (Lipinski definition) is 0. The molecule has 0 rings (SSSR count). The highest BCUT2D eigenvalue weighted by Crippen LogP contribution is 2.28. The lowest BCUT2D eigenvalue weighted by molar-refractivity contribution is -0.138. The van der Waals surface area contributed by atoms with Gasteiger partial charge in [-0.2, -0.15) is 0 Å². The van der Waals surface area contributed by atoms with Crippen molar-refractivity contribution in [3.05, 3.63) is 0 Å². The molecule has 0 aliphatic rings. The maximum Gasteiger partial charge on any atom is 0.614 e. The SMILES string of the molecule is O=C(O[Si]OC(=O)C(Cl)(Cl)Cl)C(Cl)(Cl)Cl. The van der Waals surface area contributed by atoms with Gasteiger partial charge in [-0.05, 0) is 0 Å². The zero-order valence-electron chi connectivity index (χ0n) is 6.40. The van der Waals surface area contributed by atoms with Gasteiger partial charge in [0, 0.05) is 0 Å². The van der Waals surface area contributed by atoms with Gasteiger partial charge in [0.1, 0.15) is 0 Å². The van der Waals surface area contributed by atoms with E-state index in [9.17, 15) is 9.59 Å². The molecule has 15 heavy (non-hydrogen) atoms. The quantitative estimate of drug-likeness (QED) is 0.565. The van der Waals surface area contributed by atoms with E-state index in [1.807, 2.05) is 0 Å². The minimum Gasteiger partial charge on any atom is -0.478 e. The Balaban J connectivity index is 3.92. The molecular formula is C4Cl6O4Si. The van der Waals surface area contributed by atoms with Crippen LogP contribution in [0.3, 0.4) is 0 Å². The fraction of sp³-hybridized carbons (Fsp3) is 0.500. The smallest absolute Gasteiger partial charge is 0.478 e. The molecule has 0 aromatic rings. The Morgan fingerprint density at radius 1 is 0.800 bits per heavy atom. The first-order valence-corrected chi connectivity index (χ1v) is 5.94. The summed E-state index contributed by atoms with van der Waals surface area (Å²) in [4.78, 5) is 21.6. The third-order valence-electron chi connectivity index (χ3n) is 0.732. The van der Waals surface area contributed by atoms with Crippen LogP contribution in [0.15, 0.2) is 0 Å². The fourth-order valence-corrected chi connectivity index (χ4v) is 1.33. The van der Waals surface area contributed by atoms with Gasteiger partial charge < -0.3 is 8.85 Å². The molecule has 0 bridgehead atoms. The summed E-state index contributed by atoms with van der Waals surface area (Å²) in [5.74, 6) is -2.41. The summed E-state index contributed by atoms with van der Waals surface area (Å²) in [5, 5.41) is 0. The van der Waals surface area contributed by atoms with Crippen LogP contribution >= 0.6 is 69.6 Å². The highest BCUT2D eigenvalue weighted by molar-refractivity contribution is 6.77. The van der Waals surface area contributed by atoms with Gasteiger partial charge in [0.2, 0.25) is 0 Å². The first-order valence-electron chi connectivity index (χ1n) is 2.86. The zero-order valence-corrected chi connectivity index (χ0v) is 11.9. The third-order valence-corrected chi connectivity index (χ3v) is 2.19. The number of rotatable bonds is 2. The van der Waals surface area contributed by atoms with E-state index >= 15 is 0 Å². The van der Waals surface area contributed by atoms with Crippen LogP contribution in [0.1, 0.15) is 0 Å². The third kappa shape index (κ3) is 6.94. The van der Waals surface area contributed by atoms with Crippen molar-refractivity contribution < 1.29 is 18.4 Å². The monoisotopic (exact) mass is 350 g/mol. The summed E-state index contributed by atoms with van der Waals surface area (Å²) >= 11 is 30.8. The number of halogens is 6. The van der Waals surface area contributed by atoms with Crippen LogP contribution in [0.5, 0.6) is 0 Å². The van der Waals surface area contributed by atoms with Crippen LogP contribution in [0.4, 0.5) is 0 Å². The Kier molecular flexibility index (Phi) is 6.36. The molecule has 0 fully saturated rings. The minimum absolute atomic E-state index is 1.07. The minimum atomic E-state index is -2.25. The highest BCUT2D eigenvalue weighted by atomic mass is 35.6. The molecule has 0 N–H and O–H groups in total. The second kappa shape index (κ2) is 6.00. The maximum absolute atomic E-state index is 10.8. The van der Waals surface area contributed by atoms with Crippen LogP contribution in [0.25, 0.3) is 0 Å². The Morgan fingerprint density at radius 2 is 1.07 bits per heavy atom. The van der Waals surface area contributed by atoms with Crippen molar-refractivity contribution in [1.82, 2.24) is 0 Å². The van der Waals surface area contributed by atoms with Crippen molar-refractivity contribution in [2.45, 2.75) is 7.59 Å². The van der Waals surface area contributed by atoms with Gasteiger partial charge in [-0.25, -0.2) is 9.59 Å². The van der Waals surface area contributed by atoms with Gasteiger partial charge in [-0.15, -0.1) is 0 Å². The first kappa shape index (κ1) is 15.9. The Hall–Kier alpha value is 0.897. The van der Waals surface area contributed by atoms with Crippen molar-refractivity contribution in [2.24, 2.45) is 0 Å². The van der Waals surface area contributed by atoms with Crippen molar-refractivity contribution in [3.8, 4) is 0 Å². The highest BCUT2D eigenvalue weighted by Gasteiger charge is 2.36. The van der Waals surface area contributed by atoms with Crippen molar-refractivity contribution >= 4 is 91.6 Å². The van der Waals surface area contributed by atoms with Crippen LogP contribution in [-0.4, -0.2) is 29.5 Å². The predicted octanol–water partition coefficient (Wildman–Crippen LogP) is 2.35. The topological polar surface area (TPSA) is 52.6 Å². The molecule has 4 nitrogen and oxygen atoms in total.